The SMILES string of the molecule is C1CC(CNCC(C2CC2)C2CC2)CN1. The Hall–Kier alpha value is -0.0800. The molecule has 0 spiro atoms. The molecule has 2 nitrogen and oxygen atoms in total. The highest BCUT2D eigenvalue weighted by Gasteiger charge is 2.40. The van der Waals surface area contributed by atoms with Gasteiger partial charge in [-0.25, -0.2) is 0 Å². The zero-order valence-corrected chi connectivity index (χ0v) is 9.67. The predicted octanol–water partition coefficient (Wildman–Crippen LogP) is 1.62. The second-order valence-corrected chi connectivity index (χ2v) is 5.86. The Morgan fingerprint density at radius 2 is 1.80 bits per heavy atom. The van der Waals surface area contributed by atoms with Gasteiger partial charge in [0.15, 0.2) is 0 Å². The third kappa shape index (κ3) is 2.73. The van der Waals surface area contributed by atoms with Gasteiger partial charge in [-0.3, -0.25) is 0 Å². The molecule has 3 rings (SSSR count). The van der Waals surface area contributed by atoms with Crippen LogP contribution in [-0.4, -0.2) is 26.2 Å². The van der Waals surface area contributed by atoms with E-state index in [2.05, 4.69) is 10.6 Å². The molecular formula is C13H24N2. The Balaban J connectivity index is 1.36. The Morgan fingerprint density at radius 3 is 2.33 bits per heavy atom. The van der Waals surface area contributed by atoms with Crippen LogP contribution >= 0.6 is 0 Å². The van der Waals surface area contributed by atoms with Crippen molar-refractivity contribution in [3.05, 3.63) is 0 Å². The fraction of sp³-hybridized carbons (Fsp3) is 1.00. The van der Waals surface area contributed by atoms with Gasteiger partial charge in [0.2, 0.25) is 0 Å². The number of hydrogen-bond acceptors (Lipinski definition) is 2. The molecule has 0 bridgehead atoms. The first kappa shape index (κ1) is 10.1. The van der Waals surface area contributed by atoms with Crippen LogP contribution in [0.2, 0.25) is 0 Å². The molecule has 0 radical (unpaired) electrons. The first-order valence-electron chi connectivity index (χ1n) is 6.85. The van der Waals surface area contributed by atoms with Gasteiger partial charge in [-0.2, -0.15) is 0 Å². The molecule has 1 unspecified atom stereocenters. The summed E-state index contributed by atoms with van der Waals surface area (Å²) >= 11 is 0. The molecule has 0 aromatic heterocycles. The van der Waals surface area contributed by atoms with E-state index >= 15 is 0 Å². The molecule has 15 heavy (non-hydrogen) atoms. The third-order valence-electron chi connectivity index (χ3n) is 4.43. The summed E-state index contributed by atoms with van der Waals surface area (Å²) in [4.78, 5) is 0. The van der Waals surface area contributed by atoms with E-state index in [0.717, 1.165) is 23.7 Å². The molecular weight excluding hydrogens is 184 g/mol. The molecule has 2 heteroatoms. The fourth-order valence-electron chi connectivity index (χ4n) is 3.11. The maximum absolute atomic E-state index is 3.73. The summed E-state index contributed by atoms with van der Waals surface area (Å²) in [6, 6.07) is 0. The van der Waals surface area contributed by atoms with E-state index in [1.165, 1.54) is 58.3 Å². The Labute approximate surface area is 93.2 Å². The maximum Gasteiger partial charge on any atom is -0.000778 e. The fourth-order valence-corrected chi connectivity index (χ4v) is 3.11. The van der Waals surface area contributed by atoms with Gasteiger partial charge in [-0.15, -0.1) is 0 Å². The van der Waals surface area contributed by atoms with Crippen LogP contribution in [0.5, 0.6) is 0 Å². The van der Waals surface area contributed by atoms with Crippen LogP contribution in [0.4, 0.5) is 0 Å². The van der Waals surface area contributed by atoms with Crippen LogP contribution in [0.25, 0.3) is 0 Å². The van der Waals surface area contributed by atoms with Crippen molar-refractivity contribution >= 4 is 0 Å². The van der Waals surface area contributed by atoms with Crippen LogP contribution in [0, 0.1) is 23.7 Å². The van der Waals surface area contributed by atoms with E-state index in [-0.39, 0.29) is 0 Å². The molecule has 1 aliphatic heterocycles. The minimum atomic E-state index is 0.907. The molecule has 0 amide bonds. The topological polar surface area (TPSA) is 24.1 Å². The molecule has 0 aromatic rings. The number of hydrogen-bond donors (Lipinski definition) is 2. The van der Waals surface area contributed by atoms with Crippen LogP contribution in [0.3, 0.4) is 0 Å². The average Bonchev–Trinajstić information content (AvgIpc) is 3.15. The van der Waals surface area contributed by atoms with Crippen molar-refractivity contribution < 1.29 is 0 Å². The zero-order chi connectivity index (χ0) is 10.1. The Bertz CT molecular complexity index is 191. The largest absolute Gasteiger partial charge is 0.316 e. The lowest BCUT2D eigenvalue weighted by Crippen LogP contribution is -2.30. The first-order chi connectivity index (χ1) is 7.43. The number of rotatable bonds is 6. The normalized spacial score (nSPS) is 31.4. The lowest BCUT2D eigenvalue weighted by Gasteiger charge is -2.17. The second kappa shape index (κ2) is 4.42. The molecule has 1 saturated heterocycles. The van der Waals surface area contributed by atoms with E-state index in [0.29, 0.717) is 0 Å². The highest BCUT2D eigenvalue weighted by atomic mass is 14.9. The van der Waals surface area contributed by atoms with E-state index in [9.17, 15) is 0 Å². The van der Waals surface area contributed by atoms with Gasteiger partial charge < -0.3 is 10.6 Å². The molecule has 2 N–H and O–H groups in total. The molecule has 2 saturated carbocycles. The molecule has 3 aliphatic rings. The van der Waals surface area contributed by atoms with E-state index < -0.39 is 0 Å². The number of nitrogens with one attached hydrogen (secondary N) is 2. The van der Waals surface area contributed by atoms with E-state index in [4.69, 9.17) is 0 Å². The molecule has 1 atom stereocenters. The van der Waals surface area contributed by atoms with Gasteiger partial charge in [0, 0.05) is 0 Å². The second-order valence-electron chi connectivity index (χ2n) is 5.86. The summed E-state index contributed by atoms with van der Waals surface area (Å²) in [6.45, 7) is 5.04. The summed E-state index contributed by atoms with van der Waals surface area (Å²) in [6.07, 6.45) is 7.47. The Kier molecular flexibility index (Phi) is 2.98. The minimum Gasteiger partial charge on any atom is -0.316 e. The molecule has 1 heterocycles. The Morgan fingerprint density at radius 1 is 1.07 bits per heavy atom. The van der Waals surface area contributed by atoms with Crippen molar-refractivity contribution in [3.63, 3.8) is 0 Å². The molecule has 2 aliphatic carbocycles. The third-order valence-corrected chi connectivity index (χ3v) is 4.43. The highest BCUT2D eigenvalue weighted by Crippen LogP contribution is 2.48. The van der Waals surface area contributed by atoms with Crippen molar-refractivity contribution in [1.82, 2.24) is 10.6 Å². The predicted molar refractivity (Wildman–Crippen MR) is 62.8 cm³/mol. The van der Waals surface area contributed by atoms with Crippen LogP contribution < -0.4 is 10.6 Å². The van der Waals surface area contributed by atoms with Crippen molar-refractivity contribution in [1.29, 1.82) is 0 Å². The molecule has 3 fully saturated rings. The van der Waals surface area contributed by atoms with Gasteiger partial charge >= 0.3 is 0 Å². The summed E-state index contributed by atoms with van der Waals surface area (Å²) in [5, 5.41) is 7.17. The van der Waals surface area contributed by atoms with Crippen LogP contribution in [0.1, 0.15) is 32.1 Å². The summed E-state index contributed by atoms with van der Waals surface area (Å²) in [5.74, 6) is 4.15. The van der Waals surface area contributed by atoms with Crippen molar-refractivity contribution in [3.8, 4) is 0 Å². The lowest BCUT2D eigenvalue weighted by atomic mass is 9.97. The van der Waals surface area contributed by atoms with Gasteiger partial charge in [-0.05, 0) is 82.0 Å². The lowest BCUT2D eigenvalue weighted by molar-refractivity contribution is 0.365. The average molecular weight is 208 g/mol. The zero-order valence-electron chi connectivity index (χ0n) is 9.67. The first-order valence-corrected chi connectivity index (χ1v) is 6.85. The van der Waals surface area contributed by atoms with E-state index in [1.807, 2.05) is 0 Å². The van der Waals surface area contributed by atoms with Gasteiger partial charge in [0.1, 0.15) is 0 Å². The van der Waals surface area contributed by atoms with Gasteiger partial charge in [0.25, 0.3) is 0 Å². The van der Waals surface area contributed by atoms with Gasteiger partial charge in [-0.1, -0.05) is 0 Å². The molecule has 86 valence electrons. The summed E-state index contributed by atoms with van der Waals surface area (Å²) in [5.41, 5.74) is 0. The quantitative estimate of drug-likeness (QED) is 0.693. The van der Waals surface area contributed by atoms with Crippen LogP contribution in [0.15, 0.2) is 0 Å². The summed E-state index contributed by atoms with van der Waals surface area (Å²) in [7, 11) is 0. The van der Waals surface area contributed by atoms with E-state index in [1.54, 1.807) is 0 Å². The standard InChI is InChI=1S/C13H24N2/c1-2-11(1)13(12-3-4-12)9-15-8-10-5-6-14-7-10/h10-15H,1-9H2. The van der Waals surface area contributed by atoms with Crippen molar-refractivity contribution in [2.45, 2.75) is 32.1 Å². The summed E-state index contributed by atoms with van der Waals surface area (Å²) < 4.78 is 0. The smallest absolute Gasteiger partial charge is 0.000778 e. The monoisotopic (exact) mass is 208 g/mol. The van der Waals surface area contributed by atoms with Crippen molar-refractivity contribution in [2.75, 3.05) is 26.2 Å². The van der Waals surface area contributed by atoms with Crippen LogP contribution in [-0.2, 0) is 0 Å². The van der Waals surface area contributed by atoms with Gasteiger partial charge in [0.05, 0.1) is 0 Å². The minimum absolute atomic E-state index is 0.907. The maximum atomic E-state index is 3.73. The molecule has 0 aromatic carbocycles. The van der Waals surface area contributed by atoms with Crippen molar-refractivity contribution in [2.24, 2.45) is 23.7 Å². The highest BCUT2D eigenvalue weighted by molar-refractivity contribution is 4.92.